The van der Waals surface area contributed by atoms with Crippen molar-refractivity contribution in [3.63, 3.8) is 0 Å². The second kappa shape index (κ2) is 10.6. The number of aliphatic carboxylic acids is 1. The maximum absolute atomic E-state index is 12.3. The molecular formula is C21H22ClF3N2O5. The molecule has 0 saturated carbocycles. The molecule has 174 valence electrons. The Hall–Kier alpha value is -2.98. The topological polar surface area (TPSA) is 119 Å². The molecule has 0 saturated heterocycles. The minimum Gasteiger partial charge on any atom is -0.508 e. The van der Waals surface area contributed by atoms with Crippen LogP contribution in [-0.2, 0) is 11.2 Å². The van der Waals surface area contributed by atoms with Gasteiger partial charge in [0.25, 0.3) is 5.91 Å². The molecule has 0 aromatic heterocycles. The molecule has 0 fully saturated rings. The smallest absolute Gasteiger partial charge is 0.490 e. The van der Waals surface area contributed by atoms with Gasteiger partial charge in [-0.25, -0.2) is 4.79 Å². The van der Waals surface area contributed by atoms with E-state index >= 15 is 0 Å². The summed E-state index contributed by atoms with van der Waals surface area (Å²) in [5, 5.41) is 33.4. The Morgan fingerprint density at radius 1 is 1.22 bits per heavy atom. The number of rotatable bonds is 3. The summed E-state index contributed by atoms with van der Waals surface area (Å²) in [6, 6.07) is 8.76. The molecule has 1 heterocycles. The van der Waals surface area contributed by atoms with E-state index in [0.717, 1.165) is 23.2 Å². The normalized spacial score (nSPS) is 15.6. The number of phenols is 2. The van der Waals surface area contributed by atoms with Crippen LogP contribution in [0, 0.1) is 0 Å². The van der Waals surface area contributed by atoms with Gasteiger partial charge in [0.2, 0.25) is 0 Å². The average Bonchev–Trinajstić information content (AvgIpc) is 2.94. The van der Waals surface area contributed by atoms with Crippen molar-refractivity contribution in [3.05, 3.63) is 57.6 Å². The van der Waals surface area contributed by atoms with Gasteiger partial charge in [-0.05, 0) is 54.8 Å². The van der Waals surface area contributed by atoms with Crippen molar-refractivity contribution in [2.45, 2.75) is 25.4 Å². The summed E-state index contributed by atoms with van der Waals surface area (Å²) in [7, 11) is 0. The van der Waals surface area contributed by atoms with Gasteiger partial charge >= 0.3 is 12.1 Å². The summed E-state index contributed by atoms with van der Waals surface area (Å²) in [6.07, 6.45) is -4.41. The van der Waals surface area contributed by atoms with Crippen LogP contribution >= 0.6 is 11.6 Å². The largest absolute Gasteiger partial charge is 0.508 e. The van der Waals surface area contributed by atoms with Gasteiger partial charge in [-0.3, -0.25) is 4.79 Å². The first-order chi connectivity index (χ1) is 15.0. The highest BCUT2D eigenvalue weighted by Crippen LogP contribution is 2.40. The highest BCUT2D eigenvalue weighted by molar-refractivity contribution is 6.33. The number of carbonyl (C=O) groups is 2. The third kappa shape index (κ3) is 6.04. The Morgan fingerprint density at radius 3 is 2.34 bits per heavy atom. The zero-order chi connectivity index (χ0) is 24.1. The highest BCUT2D eigenvalue weighted by Gasteiger charge is 2.38. The Kier molecular flexibility index (Phi) is 8.34. The summed E-state index contributed by atoms with van der Waals surface area (Å²) in [4.78, 5) is 21.2. The maximum atomic E-state index is 12.3. The number of carboxylic acids is 1. The molecule has 2 aromatic carbocycles. The van der Waals surface area contributed by atoms with E-state index in [4.69, 9.17) is 21.5 Å². The summed E-state index contributed by atoms with van der Waals surface area (Å²) >= 11 is 6.41. The number of carbonyl (C=O) groups excluding carboxylic acids is 1. The van der Waals surface area contributed by atoms with Crippen molar-refractivity contribution in [2.75, 3.05) is 19.6 Å². The number of fused-ring (bicyclic) bond motifs is 1. The molecule has 5 N–H and O–H groups in total. The molecule has 2 aromatic rings. The zero-order valence-corrected chi connectivity index (χ0v) is 17.7. The second-order valence-electron chi connectivity index (χ2n) is 6.92. The fraction of sp³-hybridized carbons (Fsp3) is 0.333. The number of halogens is 4. The maximum Gasteiger partial charge on any atom is 0.490 e. The molecular weight excluding hydrogens is 453 g/mol. The second-order valence-corrected chi connectivity index (χ2v) is 7.29. The molecule has 0 spiro atoms. The lowest BCUT2D eigenvalue weighted by molar-refractivity contribution is -0.192. The van der Waals surface area contributed by atoms with E-state index < -0.39 is 12.1 Å². The first-order valence-corrected chi connectivity index (χ1v) is 9.97. The first-order valence-electron chi connectivity index (χ1n) is 9.59. The SMILES string of the molecule is CCNC(=O)c1cc2c(c(Cl)c1O)CCNC[C@@H]2c1ccc(O)cc1.O=C(O)C(F)(F)F. The van der Waals surface area contributed by atoms with E-state index in [1.54, 1.807) is 18.2 Å². The molecule has 0 unspecified atom stereocenters. The van der Waals surface area contributed by atoms with E-state index in [9.17, 15) is 28.2 Å². The molecule has 0 bridgehead atoms. The lowest BCUT2D eigenvalue weighted by atomic mass is 9.86. The average molecular weight is 475 g/mol. The molecule has 1 aliphatic heterocycles. The fourth-order valence-electron chi connectivity index (χ4n) is 3.27. The summed E-state index contributed by atoms with van der Waals surface area (Å²) in [5.74, 6) is -3.08. The van der Waals surface area contributed by atoms with Crippen LogP contribution in [0.4, 0.5) is 13.2 Å². The van der Waals surface area contributed by atoms with E-state index in [1.807, 2.05) is 19.1 Å². The van der Waals surface area contributed by atoms with Crippen molar-refractivity contribution in [1.82, 2.24) is 10.6 Å². The Balaban J connectivity index is 0.000000451. The standard InChI is InChI=1S/C19H21ClN2O3.C2HF3O2/c1-2-22-19(25)15-9-14-13(17(20)18(15)24)7-8-21-10-16(14)11-3-5-12(23)6-4-11;3-2(4,5)1(6)7/h3-6,9,16,21,23-24H,2,7-8,10H2,1H3,(H,22,25);(H,6,7)/t16-;/m1./s1. The predicted octanol–water partition coefficient (Wildman–Crippen LogP) is 3.41. The van der Waals surface area contributed by atoms with Crippen molar-refractivity contribution < 1.29 is 38.1 Å². The molecule has 0 radical (unpaired) electrons. The highest BCUT2D eigenvalue weighted by atomic mass is 35.5. The number of nitrogens with one attached hydrogen (secondary N) is 2. The number of amides is 1. The van der Waals surface area contributed by atoms with Crippen LogP contribution in [0.5, 0.6) is 11.5 Å². The molecule has 0 aliphatic carbocycles. The van der Waals surface area contributed by atoms with Gasteiger partial charge in [0.1, 0.15) is 11.5 Å². The number of carboxylic acid groups (broad SMARTS) is 1. The van der Waals surface area contributed by atoms with Gasteiger partial charge in [-0.1, -0.05) is 23.7 Å². The number of alkyl halides is 3. The Labute approximate surface area is 186 Å². The lowest BCUT2D eigenvalue weighted by Gasteiger charge is -2.21. The fourth-order valence-corrected chi connectivity index (χ4v) is 3.57. The van der Waals surface area contributed by atoms with Crippen LogP contribution < -0.4 is 10.6 Å². The predicted molar refractivity (Wildman–Crippen MR) is 111 cm³/mol. The van der Waals surface area contributed by atoms with Crippen molar-refractivity contribution in [2.24, 2.45) is 0 Å². The minimum absolute atomic E-state index is 0.0237. The van der Waals surface area contributed by atoms with E-state index in [1.165, 1.54) is 0 Å². The molecule has 1 atom stereocenters. The van der Waals surface area contributed by atoms with Crippen molar-refractivity contribution in [1.29, 1.82) is 0 Å². The lowest BCUT2D eigenvalue weighted by Crippen LogP contribution is -2.24. The third-order valence-corrected chi connectivity index (χ3v) is 5.18. The Morgan fingerprint density at radius 2 is 1.81 bits per heavy atom. The first kappa shape index (κ1) is 25.3. The van der Waals surface area contributed by atoms with E-state index in [0.29, 0.717) is 19.5 Å². The van der Waals surface area contributed by atoms with Crippen LogP contribution in [0.15, 0.2) is 30.3 Å². The monoisotopic (exact) mass is 474 g/mol. The molecule has 3 rings (SSSR count). The van der Waals surface area contributed by atoms with Gasteiger partial charge in [-0.2, -0.15) is 13.2 Å². The number of hydrogen-bond donors (Lipinski definition) is 5. The summed E-state index contributed by atoms with van der Waals surface area (Å²) in [6.45, 7) is 3.72. The van der Waals surface area contributed by atoms with Crippen molar-refractivity contribution >= 4 is 23.5 Å². The van der Waals surface area contributed by atoms with Crippen LogP contribution in [0.2, 0.25) is 5.02 Å². The number of benzene rings is 2. The minimum atomic E-state index is -5.08. The van der Waals surface area contributed by atoms with Gasteiger partial charge in [0, 0.05) is 19.0 Å². The van der Waals surface area contributed by atoms with Gasteiger partial charge < -0.3 is 26.0 Å². The number of hydrogen-bond acceptors (Lipinski definition) is 5. The molecule has 32 heavy (non-hydrogen) atoms. The van der Waals surface area contributed by atoms with Crippen molar-refractivity contribution in [3.8, 4) is 11.5 Å². The van der Waals surface area contributed by atoms with Gasteiger partial charge in [0.05, 0.1) is 10.6 Å². The van der Waals surface area contributed by atoms with E-state index in [2.05, 4.69) is 10.6 Å². The van der Waals surface area contributed by atoms with Gasteiger partial charge in [0.15, 0.2) is 0 Å². The molecule has 11 heteroatoms. The van der Waals surface area contributed by atoms with Crippen LogP contribution in [0.1, 0.15) is 39.9 Å². The third-order valence-electron chi connectivity index (χ3n) is 4.77. The zero-order valence-electron chi connectivity index (χ0n) is 17.0. The van der Waals surface area contributed by atoms with Crippen LogP contribution in [0.25, 0.3) is 0 Å². The summed E-state index contributed by atoms with van der Waals surface area (Å²) < 4.78 is 31.7. The quantitative estimate of drug-likeness (QED) is 0.465. The molecule has 7 nitrogen and oxygen atoms in total. The van der Waals surface area contributed by atoms with Gasteiger partial charge in [-0.15, -0.1) is 0 Å². The summed E-state index contributed by atoms with van der Waals surface area (Å²) in [5.41, 5.74) is 2.99. The van der Waals surface area contributed by atoms with E-state index in [-0.39, 0.29) is 33.9 Å². The molecule has 1 amide bonds. The van der Waals surface area contributed by atoms with Crippen LogP contribution in [-0.4, -0.2) is 53.0 Å². The molecule has 1 aliphatic rings. The Bertz CT molecular complexity index is 981. The number of aromatic hydroxyl groups is 2. The van der Waals surface area contributed by atoms with Crippen LogP contribution in [0.3, 0.4) is 0 Å². The number of phenolic OH excluding ortho intramolecular Hbond substituents is 2.